The monoisotopic (exact) mass is 710 g/mol. The molecule has 0 spiro atoms. The van der Waals surface area contributed by atoms with E-state index in [-0.39, 0.29) is 18.3 Å². The van der Waals surface area contributed by atoms with Crippen LogP contribution in [0.15, 0.2) is 61.9 Å². The fourth-order valence-electron chi connectivity index (χ4n) is 4.21. The van der Waals surface area contributed by atoms with Crippen molar-refractivity contribution in [1.82, 2.24) is 4.57 Å². The highest BCUT2D eigenvalue weighted by Gasteiger charge is 2.33. The van der Waals surface area contributed by atoms with Gasteiger partial charge < -0.3 is 14.2 Å². The number of rotatable bonds is 8. The minimum absolute atomic E-state index is 0.0347. The molecule has 0 amide bonds. The fourth-order valence-corrected chi connectivity index (χ4v) is 6.92. The molecule has 2 aromatic carbocycles. The molecule has 0 radical (unpaired) electrons. The number of nitrogens with zero attached hydrogens (tertiary/aromatic N) is 2. The van der Waals surface area contributed by atoms with Crippen LogP contribution in [0.2, 0.25) is 0 Å². The Morgan fingerprint density at radius 3 is 2.55 bits per heavy atom. The number of fused-ring (bicyclic) bond motifs is 1. The van der Waals surface area contributed by atoms with Gasteiger partial charge in [0.05, 0.1) is 44.7 Å². The van der Waals surface area contributed by atoms with E-state index in [1.165, 1.54) is 11.3 Å². The summed E-state index contributed by atoms with van der Waals surface area (Å²) < 4.78 is 20.9. The molecule has 4 rings (SSSR count). The average molecular weight is 711 g/mol. The molecule has 1 atom stereocenters. The van der Waals surface area contributed by atoms with E-state index in [1.807, 2.05) is 63.2 Å². The largest absolute Gasteiger partial charge is 0.494 e. The molecule has 1 aromatic heterocycles. The van der Waals surface area contributed by atoms with Crippen molar-refractivity contribution < 1.29 is 19.0 Å². The summed E-state index contributed by atoms with van der Waals surface area (Å²) in [6.45, 7) is 10.1. The molecule has 0 N–H and O–H groups in total. The second kappa shape index (κ2) is 12.2. The number of carbonyl (C=O) groups excluding carboxylic acids is 1. The van der Waals surface area contributed by atoms with Crippen LogP contribution in [0, 0.1) is 3.57 Å². The summed E-state index contributed by atoms with van der Waals surface area (Å²) in [6.07, 6.45) is 1.79. The number of carbonyl (C=O) groups is 1. The van der Waals surface area contributed by atoms with E-state index in [4.69, 9.17) is 14.2 Å². The Bertz CT molecular complexity index is 1570. The van der Waals surface area contributed by atoms with Crippen LogP contribution in [0.25, 0.3) is 6.08 Å². The molecule has 0 unspecified atom stereocenters. The predicted molar refractivity (Wildman–Crippen MR) is 161 cm³/mol. The minimum Gasteiger partial charge on any atom is -0.494 e. The van der Waals surface area contributed by atoms with Crippen LogP contribution in [-0.2, 0) is 9.53 Å². The fraction of sp³-hybridized carbons (Fsp3) is 0.321. The number of ether oxygens (including phenoxy) is 3. The van der Waals surface area contributed by atoms with Gasteiger partial charge in [-0.05, 0) is 93.1 Å². The van der Waals surface area contributed by atoms with E-state index >= 15 is 0 Å². The van der Waals surface area contributed by atoms with Gasteiger partial charge in [0.1, 0.15) is 11.5 Å². The molecule has 0 saturated carbocycles. The molecular formula is C28H28BrIN2O5S. The maximum atomic E-state index is 13.9. The number of halogens is 2. The first kappa shape index (κ1) is 28.6. The summed E-state index contributed by atoms with van der Waals surface area (Å²) >= 11 is 7.07. The lowest BCUT2D eigenvalue weighted by atomic mass is 9.96. The van der Waals surface area contributed by atoms with Gasteiger partial charge in [-0.3, -0.25) is 9.36 Å². The van der Waals surface area contributed by atoms with Gasteiger partial charge in [0.2, 0.25) is 0 Å². The number of benzene rings is 2. The smallest absolute Gasteiger partial charge is 0.338 e. The van der Waals surface area contributed by atoms with E-state index in [0.29, 0.717) is 38.7 Å². The standard InChI is InChI=1S/C28H28BrIN2O5S/c1-6-35-20-10-8-17(9-11-20)24-23(27(34)36-7-2)16(5)31-28-32(24)26(33)22(38-28)13-18-12-19(29)14-21(30)25(18)37-15(3)4/h8-15,24H,6-7H2,1-5H3/b22-13-/t24-/m0/s1. The summed E-state index contributed by atoms with van der Waals surface area (Å²) in [5.41, 5.74) is 2.17. The van der Waals surface area contributed by atoms with Crippen molar-refractivity contribution in [3.8, 4) is 11.5 Å². The first-order valence-corrected chi connectivity index (χ1v) is 14.9. The lowest BCUT2D eigenvalue weighted by Crippen LogP contribution is -2.39. The molecule has 0 fully saturated rings. The topological polar surface area (TPSA) is 79.1 Å². The quantitative estimate of drug-likeness (QED) is 0.233. The molecule has 7 nitrogen and oxygen atoms in total. The van der Waals surface area contributed by atoms with Crippen LogP contribution in [0.4, 0.5) is 0 Å². The molecule has 200 valence electrons. The van der Waals surface area contributed by atoms with E-state index < -0.39 is 12.0 Å². The van der Waals surface area contributed by atoms with Crippen molar-refractivity contribution in [3.63, 3.8) is 0 Å². The molecule has 0 saturated heterocycles. The van der Waals surface area contributed by atoms with Gasteiger partial charge in [-0.25, -0.2) is 9.79 Å². The number of thiazole rings is 1. The number of hydrogen-bond donors (Lipinski definition) is 0. The normalized spacial score (nSPS) is 15.4. The molecule has 38 heavy (non-hydrogen) atoms. The maximum absolute atomic E-state index is 13.9. The first-order valence-electron chi connectivity index (χ1n) is 12.2. The van der Waals surface area contributed by atoms with Gasteiger partial charge in [-0.1, -0.05) is 39.4 Å². The Hall–Kier alpha value is -2.44. The molecule has 0 bridgehead atoms. The SMILES string of the molecule is CCOC(=O)C1=C(C)N=c2s/c(=C\c3cc(Br)cc(I)c3OC(C)C)c(=O)n2[C@H]1c1ccc(OCC)cc1. The van der Waals surface area contributed by atoms with Crippen molar-refractivity contribution >= 4 is 61.9 Å². The Morgan fingerprint density at radius 2 is 1.92 bits per heavy atom. The van der Waals surface area contributed by atoms with Crippen LogP contribution >= 0.6 is 49.9 Å². The molecular weight excluding hydrogens is 683 g/mol. The van der Waals surface area contributed by atoms with Gasteiger partial charge in [0.15, 0.2) is 4.80 Å². The highest BCUT2D eigenvalue weighted by molar-refractivity contribution is 14.1. The summed E-state index contributed by atoms with van der Waals surface area (Å²) in [5.74, 6) is 0.932. The summed E-state index contributed by atoms with van der Waals surface area (Å²) in [4.78, 5) is 32.2. The van der Waals surface area contributed by atoms with Crippen LogP contribution in [-0.4, -0.2) is 29.9 Å². The highest BCUT2D eigenvalue weighted by Crippen LogP contribution is 2.33. The van der Waals surface area contributed by atoms with E-state index in [2.05, 4.69) is 43.5 Å². The molecule has 1 aliphatic heterocycles. The molecule has 10 heteroatoms. The van der Waals surface area contributed by atoms with Crippen LogP contribution in [0.5, 0.6) is 11.5 Å². The van der Waals surface area contributed by atoms with Crippen LogP contribution in [0.3, 0.4) is 0 Å². The van der Waals surface area contributed by atoms with Crippen LogP contribution < -0.4 is 24.4 Å². The van der Waals surface area contributed by atoms with Gasteiger partial charge in [0, 0.05) is 10.0 Å². The van der Waals surface area contributed by atoms with Crippen molar-refractivity contribution in [2.24, 2.45) is 4.99 Å². The zero-order valence-electron chi connectivity index (χ0n) is 21.7. The zero-order chi connectivity index (χ0) is 27.6. The van der Waals surface area contributed by atoms with Gasteiger partial charge in [0.25, 0.3) is 5.56 Å². The summed E-state index contributed by atoms with van der Waals surface area (Å²) in [7, 11) is 0. The number of esters is 1. The number of hydrogen-bond acceptors (Lipinski definition) is 7. The number of allylic oxidation sites excluding steroid dienone is 1. The minimum atomic E-state index is -0.683. The van der Waals surface area contributed by atoms with Gasteiger partial charge >= 0.3 is 5.97 Å². The zero-order valence-corrected chi connectivity index (χ0v) is 26.3. The van der Waals surface area contributed by atoms with Crippen molar-refractivity contribution in [2.45, 2.75) is 46.8 Å². The highest BCUT2D eigenvalue weighted by atomic mass is 127. The third kappa shape index (κ3) is 5.91. The van der Waals surface area contributed by atoms with Crippen molar-refractivity contribution in [1.29, 1.82) is 0 Å². The Morgan fingerprint density at radius 1 is 1.21 bits per heavy atom. The van der Waals surface area contributed by atoms with E-state index in [1.54, 1.807) is 18.4 Å². The second-order valence-corrected chi connectivity index (χ2v) is 11.9. The first-order chi connectivity index (χ1) is 18.1. The third-order valence-corrected chi connectivity index (χ3v) is 7.94. The van der Waals surface area contributed by atoms with E-state index in [0.717, 1.165) is 19.2 Å². The van der Waals surface area contributed by atoms with Gasteiger partial charge in [-0.15, -0.1) is 0 Å². The lowest BCUT2D eigenvalue weighted by molar-refractivity contribution is -0.139. The molecule has 2 heterocycles. The number of aromatic nitrogens is 1. The molecule has 0 aliphatic carbocycles. The molecule has 1 aliphatic rings. The third-order valence-electron chi connectivity index (χ3n) is 5.70. The molecule has 3 aromatic rings. The Balaban J connectivity index is 1.94. The Kier molecular flexibility index (Phi) is 9.15. The summed E-state index contributed by atoms with van der Waals surface area (Å²) in [5, 5.41) is 0. The Labute approximate surface area is 247 Å². The second-order valence-electron chi connectivity index (χ2n) is 8.78. The average Bonchev–Trinajstić information content (AvgIpc) is 3.15. The predicted octanol–water partition coefficient (Wildman–Crippen LogP) is 5.35. The summed E-state index contributed by atoms with van der Waals surface area (Å²) in [6, 6.07) is 10.6. The lowest BCUT2D eigenvalue weighted by Gasteiger charge is -2.24. The van der Waals surface area contributed by atoms with Gasteiger partial charge in [-0.2, -0.15) is 0 Å². The van der Waals surface area contributed by atoms with Crippen LogP contribution in [0.1, 0.15) is 51.8 Å². The van der Waals surface area contributed by atoms with E-state index in [9.17, 15) is 9.59 Å². The van der Waals surface area contributed by atoms with Crippen molar-refractivity contribution in [2.75, 3.05) is 13.2 Å². The van der Waals surface area contributed by atoms with Crippen molar-refractivity contribution in [3.05, 3.63) is 86.5 Å². The maximum Gasteiger partial charge on any atom is 0.338 e.